The highest BCUT2D eigenvalue weighted by Gasteiger charge is 2.31. The fourth-order valence-electron chi connectivity index (χ4n) is 8.84. The number of aryl methyl sites for hydroxylation is 2. The van der Waals surface area contributed by atoms with Crippen molar-refractivity contribution in [2.24, 2.45) is 0 Å². The first kappa shape index (κ1) is 61.5. The van der Waals surface area contributed by atoms with Crippen molar-refractivity contribution >= 4 is 59.3 Å². The Morgan fingerprint density at radius 2 is 1.32 bits per heavy atom. The average Bonchev–Trinajstić information content (AvgIpc) is 3.97. The van der Waals surface area contributed by atoms with Crippen LogP contribution >= 0.6 is 11.8 Å². The number of nitrogens with one attached hydrogen (secondary N) is 4. The summed E-state index contributed by atoms with van der Waals surface area (Å²) in [5, 5.41) is 30.5. The van der Waals surface area contributed by atoms with Gasteiger partial charge in [-0.1, -0.05) is 31.7 Å². The number of unbranched alkanes of at least 4 members (excludes halogenated alkanes) is 1. The van der Waals surface area contributed by atoms with Crippen LogP contribution in [0.25, 0.3) is 0 Å². The maximum atomic E-state index is 13.3. The molecular weight excluding hydrogens is 1020 g/mol. The van der Waals surface area contributed by atoms with Crippen LogP contribution in [0.15, 0.2) is 33.8 Å². The smallest absolute Gasteiger partial charge is 0.317 e. The summed E-state index contributed by atoms with van der Waals surface area (Å²) in [7, 11) is 4.70. The third-order valence-electron chi connectivity index (χ3n) is 13.3. The maximum absolute atomic E-state index is 13.3. The highest BCUT2D eigenvalue weighted by molar-refractivity contribution is 7.99. The normalized spacial score (nSPS) is 15.6. The number of carboxylic acids is 2. The molecule has 1 saturated heterocycles. The number of methoxy groups -OCH3 is 2. The first-order valence-corrected chi connectivity index (χ1v) is 27.0. The standard InChI is InChI=1S/C52H77N11O13S/c1-36-31-37-12-14-52(2,3)38(37)32-40(36)76-46-11-10-39(75-46)48(72)56-47-49(73-5)57-51(58-50(47)74-6)77-30-13-42(66)55-17-19-59(4)18-16-54-41(65)9-7-8-15-53-43(67)33-61-22-20-60(28-29-64)21-23-62(34-44(68)69)26-27-63(25-24-61)35-45(70)71/h10-11,29,31-32H,7-9,12-28,30,33-35H2,1-6H3,(H,53,67)(H,54,65)(H,55,66)(H,56,72)(H,68,69)(H,70,71). The number of ether oxygens (including phenoxy) is 3. The van der Waals surface area contributed by atoms with Crippen molar-refractivity contribution in [1.82, 2.24) is 50.4 Å². The topological polar surface area (TPSA) is 291 Å². The van der Waals surface area contributed by atoms with Crippen molar-refractivity contribution in [3.8, 4) is 23.5 Å². The Hall–Kier alpha value is -6.38. The number of aldehydes is 1. The molecule has 2 aromatic heterocycles. The summed E-state index contributed by atoms with van der Waals surface area (Å²) in [6, 6.07) is 7.29. The molecule has 5 rings (SSSR count). The number of benzene rings is 1. The van der Waals surface area contributed by atoms with Crippen LogP contribution < -0.4 is 35.5 Å². The summed E-state index contributed by atoms with van der Waals surface area (Å²) in [5.74, 6) is -1.77. The lowest BCUT2D eigenvalue weighted by atomic mass is 9.86. The molecule has 3 aromatic rings. The largest absolute Gasteiger partial charge is 0.480 e. The van der Waals surface area contributed by atoms with Crippen LogP contribution in [0.2, 0.25) is 0 Å². The Balaban J connectivity index is 0.938. The molecule has 424 valence electrons. The second-order valence-corrected chi connectivity index (χ2v) is 20.8. The molecule has 1 fully saturated rings. The summed E-state index contributed by atoms with van der Waals surface area (Å²) in [6.07, 6.45) is 4.51. The van der Waals surface area contributed by atoms with Gasteiger partial charge in [0.2, 0.25) is 29.5 Å². The van der Waals surface area contributed by atoms with Crippen LogP contribution in [0.4, 0.5) is 5.69 Å². The van der Waals surface area contributed by atoms with E-state index >= 15 is 0 Å². The number of carbonyl (C=O) groups is 7. The van der Waals surface area contributed by atoms with Crippen LogP contribution in [0.1, 0.15) is 73.2 Å². The van der Waals surface area contributed by atoms with Crippen LogP contribution in [0.5, 0.6) is 23.5 Å². The van der Waals surface area contributed by atoms with E-state index in [9.17, 15) is 43.8 Å². The van der Waals surface area contributed by atoms with Crippen molar-refractivity contribution < 1.29 is 62.4 Å². The number of carbonyl (C=O) groups excluding carboxylic acids is 5. The van der Waals surface area contributed by atoms with Gasteiger partial charge in [-0.2, -0.15) is 9.97 Å². The van der Waals surface area contributed by atoms with Gasteiger partial charge in [0.25, 0.3) is 11.9 Å². The Morgan fingerprint density at radius 3 is 1.90 bits per heavy atom. The van der Waals surface area contributed by atoms with E-state index in [1.165, 1.54) is 43.2 Å². The minimum Gasteiger partial charge on any atom is -0.480 e. The van der Waals surface area contributed by atoms with Crippen molar-refractivity contribution in [2.45, 2.75) is 69.9 Å². The van der Waals surface area contributed by atoms with Gasteiger partial charge in [0.1, 0.15) is 12.0 Å². The second kappa shape index (κ2) is 31.1. The first-order chi connectivity index (χ1) is 36.9. The van der Waals surface area contributed by atoms with Crippen molar-refractivity contribution in [1.29, 1.82) is 0 Å². The third kappa shape index (κ3) is 20.8. The van der Waals surface area contributed by atoms with Gasteiger partial charge in [-0.25, -0.2) is 0 Å². The zero-order chi connectivity index (χ0) is 55.9. The molecule has 0 saturated carbocycles. The number of thioether (sulfide) groups is 1. The van der Waals surface area contributed by atoms with Gasteiger partial charge in [-0.3, -0.25) is 48.4 Å². The quantitative estimate of drug-likeness (QED) is 0.0251. The lowest BCUT2D eigenvalue weighted by Gasteiger charge is -2.32. The maximum Gasteiger partial charge on any atom is 0.317 e. The summed E-state index contributed by atoms with van der Waals surface area (Å²) < 4.78 is 22.8. The molecule has 3 heterocycles. The molecule has 1 aliphatic heterocycles. The lowest BCUT2D eigenvalue weighted by Crippen LogP contribution is -2.49. The number of furan rings is 1. The van der Waals surface area contributed by atoms with E-state index in [0.29, 0.717) is 116 Å². The lowest BCUT2D eigenvalue weighted by molar-refractivity contribution is -0.140. The molecule has 0 spiro atoms. The third-order valence-corrected chi connectivity index (χ3v) is 14.2. The van der Waals surface area contributed by atoms with Crippen LogP contribution in [0.3, 0.4) is 0 Å². The number of rotatable bonds is 29. The Bertz CT molecular complexity index is 2450. The molecule has 0 bridgehead atoms. The van der Waals surface area contributed by atoms with E-state index in [-0.39, 0.29) is 90.0 Å². The van der Waals surface area contributed by atoms with Crippen molar-refractivity contribution in [3.63, 3.8) is 0 Å². The minimum atomic E-state index is -1.00. The van der Waals surface area contributed by atoms with Gasteiger partial charge in [0, 0.05) is 110 Å². The van der Waals surface area contributed by atoms with Crippen LogP contribution in [-0.2, 0) is 40.6 Å². The molecule has 0 radical (unpaired) electrons. The van der Waals surface area contributed by atoms with E-state index in [1.807, 2.05) is 28.7 Å². The fourth-order valence-corrected chi connectivity index (χ4v) is 9.61. The fraction of sp³-hybridized carbons (Fsp3) is 0.596. The summed E-state index contributed by atoms with van der Waals surface area (Å²) >= 11 is 1.22. The van der Waals surface area contributed by atoms with Gasteiger partial charge in [0.15, 0.2) is 16.6 Å². The minimum absolute atomic E-state index is 0.00785. The molecule has 2 aliphatic rings. The zero-order valence-electron chi connectivity index (χ0n) is 45.3. The van der Waals surface area contributed by atoms with Crippen molar-refractivity contribution in [3.05, 3.63) is 46.7 Å². The molecule has 1 aromatic carbocycles. The number of likely N-dealkylation sites (N-methyl/N-ethyl adjacent to an activating group) is 1. The molecule has 0 atom stereocenters. The molecular formula is C52H77N11O13S. The number of hydrogen-bond acceptors (Lipinski definition) is 19. The first-order valence-electron chi connectivity index (χ1n) is 26.0. The van der Waals surface area contributed by atoms with Gasteiger partial charge in [0.05, 0.1) is 40.4 Å². The van der Waals surface area contributed by atoms with Gasteiger partial charge < -0.3 is 59.8 Å². The number of anilines is 1. The van der Waals surface area contributed by atoms with Crippen LogP contribution in [0, 0.1) is 6.92 Å². The SMILES string of the molecule is COc1nc(SCCC(=O)NCCN(C)CCNC(=O)CCCCNC(=O)CN2CCN(CC=O)CCN(CC(=O)O)CCN(CC(=O)O)CC2)nc(OC)c1NC(=O)c1ccc(Oc2cc3c(cc2C)CCC3(C)C)o1. The average molecular weight is 1100 g/mol. The summed E-state index contributed by atoms with van der Waals surface area (Å²) in [4.78, 5) is 104. The number of carboxylic acid groups (broad SMARTS) is 2. The predicted octanol–water partition coefficient (Wildman–Crippen LogP) is 2.19. The monoisotopic (exact) mass is 1100 g/mol. The highest BCUT2D eigenvalue weighted by Crippen LogP contribution is 2.42. The predicted molar refractivity (Wildman–Crippen MR) is 287 cm³/mol. The molecule has 1 aliphatic carbocycles. The number of aliphatic carboxylic acids is 2. The highest BCUT2D eigenvalue weighted by atomic mass is 32.2. The van der Waals surface area contributed by atoms with Crippen molar-refractivity contribution in [2.75, 3.05) is 144 Å². The Kier molecular flexibility index (Phi) is 24.9. The number of aromatic nitrogens is 2. The van der Waals surface area contributed by atoms with Gasteiger partial charge in [-0.15, -0.1) is 0 Å². The summed E-state index contributed by atoms with van der Waals surface area (Å²) in [6.45, 7) is 11.7. The Labute approximate surface area is 454 Å². The second-order valence-electron chi connectivity index (χ2n) is 19.7. The number of nitrogens with zero attached hydrogens (tertiary/aromatic N) is 7. The van der Waals surface area contributed by atoms with Crippen LogP contribution in [-0.4, -0.2) is 225 Å². The van der Waals surface area contributed by atoms with Gasteiger partial charge >= 0.3 is 11.9 Å². The molecule has 4 amide bonds. The van der Waals surface area contributed by atoms with E-state index in [4.69, 9.17) is 18.6 Å². The van der Waals surface area contributed by atoms with E-state index in [1.54, 1.807) is 15.9 Å². The number of hydrogen-bond donors (Lipinski definition) is 6. The van der Waals surface area contributed by atoms with Gasteiger partial charge in [-0.05, 0) is 73.9 Å². The van der Waals surface area contributed by atoms with E-state index in [0.717, 1.165) is 24.7 Å². The molecule has 24 nitrogen and oxygen atoms in total. The molecule has 25 heteroatoms. The number of amides is 4. The molecule has 6 N–H and O–H groups in total. The molecule has 0 unspecified atom stereocenters. The summed E-state index contributed by atoms with van der Waals surface area (Å²) in [5.41, 5.74) is 3.69. The molecule has 77 heavy (non-hydrogen) atoms. The van der Waals surface area contributed by atoms with E-state index in [2.05, 4.69) is 57.2 Å². The Morgan fingerprint density at radius 1 is 0.766 bits per heavy atom. The van der Waals surface area contributed by atoms with E-state index < -0.39 is 17.8 Å². The zero-order valence-corrected chi connectivity index (χ0v) is 46.1. The number of fused-ring (bicyclic) bond motifs is 1.